The zero-order valence-electron chi connectivity index (χ0n) is 5.49. The van der Waals surface area contributed by atoms with Gasteiger partial charge in [0.25, 0.3) is 0 Å². The summed E-state index contributed by atoms with van der Waals surface area (Å²) in [6, 6.07) is 3.66. The van der Waals surface area contributed by atoms with E-state index in [1.165, 1.54) is 0 Å². The van der Waals surface area contributed by atoms with Gasteiger partial charge in [-0.25, -0.2) is 0 Å². The summed E-state index contributed by atoms with van der Waals surface area (Å²) in [5, 5.41) is 0.694. The lowest BCUT2D eigenvalue weighted by atomic mass is 10.2. The second kappa shape index (κ2) is 2.81. The Balaban J connectivity index is 3.34. The molecule has 0 saturated carbocycles. The predicted octanol–water partition coefficient (Wildman–Crippen LogP) is 2.99. The van der Waals surface area contributed by atoms with E-state index in [-0.39, 0.29) is 0 Å². The molecule has 1 aromatic carbocycles. The van der Waals surface area contributed by atoms with Crippen LogP contribution in [0.25, 0.3) is 0 Å². The summed E-state index contributed by atoms with van der Waals surface area (Å²) >= 11 is 9.15. The number of rotatable bonds is 0. The molecule has 3 heteroatoms. The minimum atomic E-state index is 0.694. The van der Waals surface area contributed by atoms with Gasteiger partial charge in [-0.15, -0.1) is 0 Å². The first-order valence-corrected chi connectivity index (χ1v) is 4.00. The molecule has 0 fully saturated rings. The molecule has 0 aromatic heterocycles. The first-order valence-electron chi connectivity index (χ1n) is 2.83. The van der Waals surface area contributed by atoms with Crippen molar-refractivity contribution < 1.29 is 0 Å². The number of benzene rings is 1. The minimum absolute atomic E-state index is 0.694. The molecule has 0 amide bonds. The van der Waals surface area contributed by atoms with Crippen LogP contribution >= 0.6 is 27.5 Å². The molecular formula is C7H7BrClN. The third-order valence-corrected chi connectivity index (χ3v) is 2.76. The molecule has 0 aliphatic carbocycles. The first-order chi connectivity index (χ1) is 4.63. The van der Waals surface area contributed by atoms with Crippen molar-refractivity contribution in [3.05, 3.63) is 27.2 Å². The fourth-order valence-electron chi connectivity index (χ4n) is 0.667. The zero-order valence-corrected chi connectivity index (χ0v) is 7.83. The number of nitrogen functional groups attached to an aromatic ring is 1. The van der Waals surface area contributed by atoms with Crippen LogP contribution in [0.4, 0.5) is 5.69 Å². The highest BCUT2D eigenvalue weighted by molar-refractivity contribution is 9.10. The van der Waals surface area contributed by atoms with Crippen molar-refractivity contribution in [3.8, 4) is 0 Å². The summed E-state index contributed by atoms with van der Waals surface area (Å²) in [4.78, 5) is 0. The molecule has 0 heterocycles. The van der Waals surface area contributed by atoms with E-state index >= 15 is 0 Å². The Hall–Kier alpha value is -0.210. The average Bonchev–Trinajstić information content (AvgIpc) is 1.93. The van der Waals surface area contributed by atoms with Crippen LogP contribution in [0.3, 0.4) is 0 Å². The third kappa shape index (κ3) is 1.27. The van der Waals surface area contributed by atoms with Crippen LogP contribution < -0.4 is 5.73 Å². The maximum atomic E-state index is 5.86. The van der Waals surface area contributed by atoms with Gasteiger partial charge in [0.1, 0.15) is 0 Å². The highest BCUT2D eigenvalue weighted by atomic mass is 79.9. The van der Waals surface area contributed by atoms with E-state index in [0.29, 0.717) is 5.02 Å². The molecule has 2 N–H and O–H groups in total. The van der Waals surface area contributed by atoms with Crippen molar-refractivity contribution in [1.29, 1.82) is 0 Å². The van der Waals surface area contributed by atoms with E-state index in [0.717, 1.165) is 15.7 Å². The second-order valence-electron chi connectivity index (χ2n) is 2.08. The molecule has 0 spiro atoms. The summed E-state index contributed by atoms with van der Waals surface area (Å²) in [6.45, 7) is 1.89. The predicted molar refractivity (Wildman–Crippen MR) is 48.3 cm³/mol. The molecule has 0 atom stereocenters. The number of hydrogen-bond donors (Lipinski definition) is 1. The Labute approximate surface area is 73.3 Å². The molecule has 54 valence electrons. The van der Waals surface area contributed by atoms with Gasteiger partial charge in [0.05, 0.1) is 5.02 Å². The van der Waals surface area contributed by atoms with Crippen LogP contribution in [0.15, 0.2) is 16.6 Å². The van der Waals surface area contributed by atoms with Gasteiger partial charge in [-0.1, -0.05) is 11.6 Å². The topological polar surface area (TPSA) is 26.0 Å². The largest absolute Gasteiger partial charge is 0.398 e. The Bertz CT molecular complexity index is 233. The highest BCUT2D eigenvalue weighted by Gasteiger charge is 2.01. The molecule has 1 aromatic rings. The van der Waals surface area contributed by atoms with Crippen molar-refractivity contribution in [1.82, 2.24) is 0 Å². The smallest absolute Gasteiger partial charge is 0.0597 e. The molecule has 0 bridgehead atoms. The minimum Gasteiger partial charge on any atom is -0.398 e. The summed E-state index contributed by atoms with van der Waals surface area (Å²) in [5.74, 6) is 0. The van der Waals surface area contributed by atoms with E-state index in [2.05, 4.69) is 15.9 Å². The molecule has 0 aliphatic rings. The lowest BCUT2D eigenvalue weighted by molar-refractivity contribution is 1.45. The monoisotopic (exact) mass is 219 g/mol. The van der Waals surface area contributed by atoms with Gasteiger partial charge in [-0.2, -0.15) is 0 Å². The summed E-state index contributed by atoms with van der Waals surface area (Å²) in [5.41, 5.74) is 7.24. The fraction of sp³-hybridized carbons (Fsp3) is 0.143. The standard InChI is InChI=1S/C7H7BrClN/c1-4-6(10)3-2-5(8)7(4)9/h2-3H,10H2,1H3. The average molecular weight is 220 g/mol. The Kier molecular flexibility index (Phi) is 2.21. The second-order valence-corrected chi connectivity index (χ2v) is 3.31. The summed E-state index contributed by atoms with van der Waals surface area (Å²) in [6.07, 6.45) is 0. The van der Waals surface area contributed by atoms with E-state index in [1.807, 2.05) is 19.1 Å². The quantitative estimate of drug-likeness (QED) is 0.668. The van der Waals surface area contributed by atoms with E-state index in [9.17, 15) is 0 Å². The van der Waals surface area contributed by atoms with E-state index in [4.69, 9.17) is 17.3 Å². The highest BCUT2D eigenvalue weighted by Crippen LogP contribution is 2.29. The van der Waals surface area contributed by atoms with Crippen molar-refractivity contribution >= 4 is 33.2 Å². The summed E-state index contributed by atoms with van der Waals surface area (Å²) in [7, 11) is 0. The number of halogens is 2. The van der Waals surface area contributed by atoms with Crippen molar-refractivity contribution in [2.75, 3.05) is 5.73 Å². The van der Waals surface area contributed by atoms with Gasteiger partial charge in [0.2, 0.25) is 0 Å². The molecule has 0 unspecified atom stereocenters. The molecule has 0 aliphatic heterocycles. The van der Waals surface area contributed by atoms with Crippen LogP contribution in [0, 0.1) is 6.92 Å². The molecular weight excluding hydrogens is 213 g/mol. The Morgan fingerprint density at radius 2 is 2.10 bits per heavy atom. The van der Waals surface area contributed by atoms with Crippen molar-refractivity contribution in [2.24, 2.45) is 0 Å². The van der Waals surface area contributed by atoms with E-state index < -0.39 is 0 Å². The van der Waals surface area contributed by atoms with Crippen LogP contribution in [0.5, 0.6) is 0 Å². The van der Waals surface area contributed by atoms with E-state index in [1.54, 1.807) is 0 Å². The number of hydrogen-bond acceptors (Lipinski definition) is 1. The molecule has 10 heavy (non-hydrogen) atoms. The van der Waals surface area contributed by atoms with Crippen molar-refractivity contribution in [2.45, 2.75) is 6.92 Å². The Morgan fingerprint density at radius 3 is 2.60 bits per heavy atom. The zero-order chi connectivity index (χ0) is 7.72. The molecule has 0 radical (unpaired) electrons. The van der Waals surface area contributed by atoms with Gasteiger partial charge < -0.3 is 5.73 Å². The van der Waals surface area contributed by atoms with Crippen LogP contribution in [-0.4, -0.2) is 0 Å². The molecule has 0 saturated heterocycles. The van der Waals surface area contributed by atoms with Crippen LogP contribution in [0.1, 0.15) is 5.56 Å². The van der Waals surface area contributed by atoms with Gasteiger partial charge in [0.15, 0.2) is 0 Å². The SMILES string of the molecule is Cc1c(N)ccc(Br)c1Cl. The third-order valence-electron chi connectivity index (χ3n) is 1.38. The maximum Gasteiger partial charge on any atom is 0.0597 e. The van der Waals surface area contributed by atoms with Gasteiger partial charge in [0, 0.05) is 10.2 Å². The maximum absolute atomic E-state index is 5.86. The number of anilines is 1. The van der Waals surface area contributed by atoms with Gasteiger partial charge in [-0.3, -0.25) is 0 Å². The normalized spacial score (nSPS) is 9.90. The molecule has 1 nitrogen and oxygen atoms in total. The van der Waals surface area contributed by atoms with Crippen molar-refractivity contribution in [3.63, 3.8) is 0 Å². The lowest BCUT2D eigenvalue weighted by Crippen LogP contribution is -1.89. The summed E-state index contributed by atoms with van der Waals surface area (Å²) < 4.78 is 0.890. The van der Waals surface area contributed by atoms with Crippen LogP contribution in [-0.2, 0) is 0 Å². The van der Waals surface area contributed by atoms with Crippen LogP contribution in [0.2, 0.25) is 5.02 Å². The number of nitrogens with two attached hydrogens (primary N) is 1. The fourth-order valence-corrected chi connectivity index (χ4v) is 1.27. The first kappa shape index (κ1) is 7.89. The van der Waals surface area contributed by atoms with Gasteiger partial charge in [-0.05, 0) is 40.5 Å². The lowest BCUT2D eigenvalue weighted by Gasteiger charge is -2.02. The molecule has 1 rings (SSSR count). The Morgan fingerprint density at radius 1 is 1.50 bits per heavy atom. The van der Waals surface area contributed by atoms with Gasteiger partial charge >= 0.3 is 0 Å².